The van der Waals surface area contributed by atoms with E-state index in [2.05, 4.69) is 11.5 Å². The molecule has 2 N–H and O–H groups in total. The van der Waals surface area contributed by atoms with Crippen molar-refractivity contribution in [3.63, 3.8) is 0 Å². The van der Waals surface area contributed by atoms with Crippen LogP contribution in [0.25, 0.3) is 0 Å². The average molecular weight is 380 g/mol. The number of fused-ring (bicyclic) bond motifs is 2. The van der Waals surface area contributed by atoms with E-state index in [1.54, 1.807) is 7.11 Å². The van der Waals surface area contributed by atoms with Crippen LogP contribution < -0.4 is 4.74 Å². The number of allylic oxidation sites excluding steroid dienone is 1. The Morgan fingerprint density at radius 2 is 1.75 bits per heavy atom. The number of piperidine rings is 1. The van der Waals surface area contributed by atoms with Crippen LogP contribution in [-0.4, -0.2) is 34.3 Å². The van der Waals surface area contributed by atoms with E-state index in [1.165, 1.54) is 0 Å². The third kappa shape index (κ3) is 3.43. The lowest BCUT2D eigenvalue weighted by Crippen LogP contribution is -2.49. The highest BCUT2D eigenvalue weighted by atomic mass is 16.5. The van der Waals surface area contributed by atoms with Gasteiger partial charge >= 0.3 is 0 Å². The van der Waals surface area contributed by atoms with Gasteiger partial charge < -0.3 is 14.9 Å². The van der Waals surface area contributed by atoms with Crippen molar-refractivity contribution in [3.8, 4) is 11.5 Å². The van der Waals surface area contributed by atoms with Crippen LogP contribution in [0.15, 0.2) is 55.1 Å². The van der Waals surface area contributed by atoms with Crippen LogP contribution in [-0.2, 0) is 18.6 Å². The number of phenols is 1. The smallest absolute Gasteiger partial charge is 0.123 e. The summed E-state index contributed by atoms with van der Waals surface area (Å²) in [5.74, 6) is 1.19. The van der Waals surface area contributed by atoms with Gasteiger partial charge in [0.05, 0.1) is 12.7 Å². The predicted octanol–water partition coefficient (Wildman–Crippen LogP) is 4.14. The maximum absolute atomic E-state index is 11.4. The van der Waals surface area contributed by atoms with E-state index in [-0.39, 0.29) is 0 Å². The second-order valence-electron chi connectivity index (χ2n) is 8.14. The summed E-state index contributed by atoms with van der Waals surface area (Å²) in [5, 5.41) is 22.0. The first-order valence-electron chi connectivity index (χ1n) is 10.1. The lowest BCUT2D eigenvalue weighted by molar-refractivity contribution is -0.0596. The average Bonchev–Trinajstić information content (AvgIpc) is 2.95. The molecule has 4 heteroatoms. The SMILES string of the molecule is C=CCc1cccc(CN2C3CCC2CC(O)(c2ccc(OC)cc2)C3)c1O. The fourth-order valence-corrected chi connectivity index (χ4v) is 5.00. The van der Waals surface area contributed by atoms with Crippen molar-refractivity contribution in [2.75, 3.05) is 7.11 Å². The molecule has 2 fully saturated rings. The lowest BCUT2D eigenvalue weighted by Gasteiger charge is -2.44. The maximum Gasteiger partial charge on any atom is 0.123 e. The fourth-order valence-electron chi connectivity index (χ4n) is 5.00. The first-order chi connectivity index (χ1) is 13.5. The normalized spacial score (nSPS) is 26.9. The topological polar surface area (TPSA) is 52.9 Å². The van der Waals surface area contributed by atoms with E-state index in [1.807, 2.05) is 48.5 Å². The molecule has 2 aromatic carbocycles. The molecule has 0 radical (unpaired) electrons. The minimum Gasteiger partial charge on any atom is -0.507 e. The Balaban J connectivity index is 1.53. The molecule has 4 nitrogen and oxygen atoms in total. The molecule has 2 heterocycles. The number of benzene rings is 2. The largest absolute Gasteiger partial charge is 0.507 e. The van der Waals surface area contributed by atoms with Crippen molar-refractivity contribution in [1.82, 2.24) is 4.90 Å². The van der Waals surface area contributed by atoms with Gasteiger partial charge in [-0.05, 0) is 55.4 Å². The molecule has 148 valence electrons. The summed E-state index contributed by atoms with van der Waals surface area (Å²) in [4.78, 5) is 2.48. The van der Waals surface area contributed by atoms with Crippen LogP contribution in [0.3, 0.4) is 0 Å². The second kappa shape index (κ2) is 7.61. The Labute approximate surface area is 167 Å². The molecule has 2 unspecified atom stereocenters. The minimum atomic E-state index is -0.790. The van der Waals surface area contributed by atoms with E-state index >= 15 is 0 Å². The summed E-state index contributed by atoms with van der Waals surface area (Å²) in [5.41, 5.74) is 2.07. The Kier molecular flexibility index (Phi) is 5.17. The van der Waals surface area contributed by atoms with Crippen LogP contribution in [0.5, 0.6) is 11.5 Å². The number of methoxy groups -OCH3 is 1. The fraction of sp³-hybridized carbons (Fsp3) is 0.417. The van der Waals surface area contributed by atoms with Crippen molar-refractivity contribution in [2.24, 2.45) is 0 Å². The molecule has 2 aliphatic rings. The number of nitrogens with zero attached hydrogens (tertiary/aromatic N) is 1. The predicted molar refractivity (Wildman–Crippen MR) is 110 cm³/mol. The molecule has 0 aliphatic carbocycles. The summed E-state index contributed by atoms with van der Waals surface area (Å²) in [6.45, 7) is 4.50. The molecule has 2 aromatic rings. The van der Waals surface area contributed by atoms with Gasteiger partial charge in [-0.15, -0.1) is 6.58 Å². The van der Waals surface area contributed by atoms with E-state index < -0.39 is 5.60 Å². The molecule has 2 aliphatic heterocycles. The third-order valence-electron chi connectivity index (χ3n) is 6.47. The Morgan fingerprint density at radius 3 is 2.36 bits per heavy atom. The van der Waals surface area contributed by atoms with Crippen LogP contribution in [0.4, 0.5) is 0 Å². The zero-order chi connectivity index (χ0) is 19.7. The quantitative estimate of drug-likeness (QED) is 0.741. The maximum atomic E-state index is 11.4. The standard InChI is InChI=1S/C24H29NO3/c1-3-5-17-6-4-7-18(23(17)26)16-25-20-10-11-21(25)15-24(27,14-20)19-8-12-22(28-2)13-9-19/h3-4,6-9,12-13,20-21,26-27H,1,5,10-11,14-16H2,2H3. The van der Waals surface area contributed by atoms with Crippen molar-refractivity contribution in [1.29, 1.82) is 0 Å². The number of para-hydroxylation sites is 1. The van der Waals surface area contributed by atoms with Gasteiger partial charge in [0.15, 0.2) is 0 Å². The van der Waals surface area contributed by atoms with E-state index in [0.717, 1.165) is 54.7 Å². The van der Waals surface area contributed by atoms with Crippen LogP contribution in [0.1, 0.15) is 42.4 Å². The molecule has 0 amide bonds. The lowest BCUT2D eigenvalue weighted by atomic mass is 9.80. The highest BCUT2D eigenvalue weighted by Crippen LogP contribution is 2.46. The van der Waals surface area contributed by atoms with E-state index in [9.17, 15) is 10.2 Å². The van der Waals surface area contributed by atoms with Crippen LogP contribution in [0, 0.1) is 0 Å². The summed E-state index contributed by atoms with van der Waals surface area (Å²) in [7, 11) is 1.65. The highest BCUT2D eigenvalue weighted by molar-refractivity contribution is 5.41. The molecule has 0 saturated carbocycles. The summed E-state index contributed by atoms with van der Waals surface area (Å²) < 4.78 is 5.25. The number of aromatic hydroxyl groups is 1. The zero-order valence-corrected chi connectivity index (χ0v) is 16.5. The van der Waals surface area contributed by atoms with Gasteiger partial charge in [0.2, 0.25) is 0 Å². The monoisotopic (exact) mass is 379 g/mol. The van der Waals surface area contributed by atoms with Crippen molar-refractivity contribution in [2.45, 2.75) is 56.3 Å². The van der Waals surface area contributed by atoms with Gasteiger partial charge in [-0.2, -0.15) is 0 Å². The summed E-state index contributed by atoms with van der Waals surface area (Å²) in [6.07, 6.45) is 6.13. The number of rotatable bonds is 6. The van der Waals surface area contributed by atoms with Gasteiger partial charge in [-0.3, -0.25) is 4.90 Å². The van der Waals surface area contributed by atoms with Crippen LogP contribution in [0.2, 0.25) is 0 Å². The minimum absolute atomic E-state index is 0.327. The molecule has 2 bridgehead atoms. The van der Waals surface area contributed by atoms with Gasteiger partial charge in [0, 0.05) is 24.2 Å². The van der Waals surface area contributed by atoms with Gasteiger partial charge in [0.1, 0.15) is 11.5 Å². The molecule has 28 heavy (non-hydrogen) atoms. The van der Waals surface area contributed by atoms with Crippen molar-refractivity contribution >= 4 is 0 Å². The van der Waals surface area contributed by atoms with Gasteiger partial charge in [0.25, 0.3) is 0 Å². The van der Waals surface area contributed by atoms with Gasteiger partial charge in [-0.1, -0.05) is 36.4 Å². The number of aliphatic hydroxyl groups is 1. The first-order valence-corrected chi connectivity index (χ1v) is 10.1. The number of hydrogen-bond acceptors (Lipinski definition) is 4. The molecule has 0 spiro atoms. The second-order valence-corrected chi connectivity index (χ2v) is 8.14. The summed E-state index contributed by atoms with van der Waals surface area (Å²) >= 11 is 0. The van der Waals surface area contributed by atoms with Crippen molar-refractivity contribution in [3.05, 3.63) is 71.8 Å². The first kappa shape index (κ1) is 19.0. The molecular formula is C24H29NO3. The van der Waals surface area contributed by atoms with Crippen molar-refractivity contribution < 1.29 is 14.9 Å². The molecule has 2 saturated heterocycles. The van der Waals surface area contributed by atoms with E-state index in [4.69, 9.17) is 4.74 Å². The number of phenolic OH excluding ortho intramolecular Hbond substituents is 1. The molecule has 4 rings (SSSR count). The number of hydrogen-bond donors (Lipinski definition) is 2. The Hall–Kier alpha value is -2.30. The molecule has 2 atom stereocenters. The molecular weight excluding hydrogens is 350 g/mol. The summed E-state index contributed by atoms with van der Waals surface area (Å²) in [6, 6.07) is 14.4. The molecule has 0 aromatic heterocycles. The van der Waals surface area contributed by atoms with Gasteiger partial charge in [-0.25, -0.2) is 0 Å². The zero-order valence-electron chi connectivity index (χ0n) is 16.5. The highest BCUT2D eigenvalue weighted by Gasteiger charge is 2.48. The number of ether oxygens (including phenoxy) is 1. The van der Waals surface area contributed by atoms with Crippen LogP contribution >= 0.6 is 0 Å². The van der Waals surface area contributed by atoms with E-state index in [0.29, 0.717) is 24.3 Å². The third-order valence-corrected chi connectivity index (χ3v) is 6.47. The Morgan fingerprint density at radius 1 is 1.11 bits per heavy atom. The Bertz CT molecular complexity index is 831.